The highest BCUT2D eigenvalue weighted by molar-refractivity contribution is 8.00. The lowest BCUT2D eigenvalue weighted by Crippen LogP contribution is -2.14. The fourth-order valence-electron chi connectivity index (χ4n) is 2.93. The van der Waals surface area contributed by atoms with Gasteiger partial charge in [0.2, 0.25) is 5.91 Å². The third-order valence-electron chi connectivity index (χ3n) is 4.35. The number of hydrogen-bond acceptors (Lipinski definition) is 7. The molecule has 2 aromatic heterocycles. The summed E-state index contributed by atoms with van der Waals surface area (Å²) in [6, 6.07) is 16.3. The standard InChI is InChI=1S/C22H19N5O3S/c1-2-30-22(29)15-8-10-16(11-9-15)26-19(28)13-31-21-18-12-25-27(20(18)23-14-24-21)17-6-4-3-5-7-17/h3-12,14H,2,13H2,1H3,(H,26,28). The van der Waals surface area contributed by atoms with Gasteiger partial charge in [0.25, 0.3) is 0 Å². The van der Waals surface area contributed by atoms with E-state index in [1.807, 2.05) is 30.3 Å². The SMILES string of the molecule is CCOC(=O)c1ccc(NC(=O)CSc2ncnc3c2cnn3-c2ccccc2)cc1. The minimum Gasteiger partial charge on any atom is -0.462 e. The van der Waals surface area contributed by atoms with Crippen LogP contribution >= 0.6 is 11.8 Å². The molecule has 31 heavy (non-hydrogen) atoms. The highest BCUT2D eigenvalue weighted by atomic mass is 32.2. The number of benzene rings is 2. The molecular weight excluding hydrogens is 414 g/mol. The Hall–Kier alpha value is -3.72. The Bertz CT molecular complexity index is 1210. The molecule has 0 spiro atoms. The Morgan fingerprint density at radius 2 is 1.84 bits per heavy atom. The molecule has 8 nitrogen and oxygen atoms in total. The number of para-hydroxylation sites is 1. The lowest BCUT2D eigenvalue weighted by molar-refractivity contribution is -0.113. The quantitative estimate of drug-likeness (QED) is 0.269. The van der Waals surface area contributed by atoms with Crippen molar-refractivity contribution >= 4 is 40.4 Å². The van der Waals surface area contributed by atoms with Crippen molar-refractivity contribution < 1.29 is 14.3 Å². The Morgan fingerprint density at radius 1 is 1.06 bits per heavy atom. The van der Waals surface area contributed by atoms with Gasteiger partial charge in [-0.25, -0.2) is 19.4 Å². The lowest BCUT2D eigenvalue weighted by atomic mass is 10.2. The van der Waals surface area contributed by atoms with Crippen molar-refractivity contribution in [2.24, 2.45) is 0 Å². The van der Waals surface area contributed by atoms with Crippen molar-refractivity contribution in [1.82, 2.24) is 19.7 Å². The van der Waals surface area contributed by atoms with Crippen LogP contribution in [0.2, 0.25) is 0 Å². The fourth-order valence-corrected chi connectivity index (χ4v) is 3.69. The Labute approximate surface area is 182 Å². The predicted octanol–water partition coefficient (Wildman–Crippen LogP) is 3.72. The molecule has 0 fully saturated rings. The molecule has 0 saturated heterocycles. The molecule has 0 bridgehead atoms. The van der Waals surface area contributed by atoms with Gasteiger partial charge < -0.3 is 10.1 Å². The summed E-state index contributed by atoms with van der Waals surface area (Å²) in [4.78, 5) is 32.7. The minimum absolute atomic E-state index is 0.169. The number of nitrogens with zero attached hydrogens (tertiary/aromatic N) is 4. The van der Waals surface area contributed by atoms with E-state index in [4.69, 9.17) is 4.74 Å². The molecule has 0 radical (unpaired) electrons. The molecule has 2 aromatic carbocycles. The van der Waals surface area contributed by atoms with Gasteiger partial charge in [0.05, 0.1) is 35.2 Å². The first kappa shape index (κ1) is 20.5. The molecule has 0 saturated carbocycles. The average molecular weight is 433 g/mol. The van der Waals surface area contributed by atoms with Crippen LogP contribution in [0.4, 0.5) is 5.69 Å². The number of carbonyl (C=O) groups excluding carboxylic acids is 2. The molecule has 0 unspecified atom stereocenters. The van der Waals surface area contributed by atoms with Gasteiger partial charge in [-0.2, -0.15) is 5.10 Å². The van der Waals surface area contributed by atoms with E-state index in [0.717, 1.165) is 11.1 Å². The zero-order valence-corrected chi connectivity index (χ0v) is 17.5. The third-order valence-corrected chi connectivity index (χ3v) is 5.36. The molecule has 1 amide bonds. The summed E-state index contributed by atoms with van der Waals surface area (Å²) in [5, 5.41) is 8.69. The molecule has 156 valence electrons. The number of hydrogen-bond donors (Lipinski definition) is 1. The summed E-state index contributed by atoms with van der Waals surface area (Å²) in [6.45, 7) is 2.07. The van der Waals surface area contributed by atoms with E-state index in [1.54, 1.807) is 42.1 Å². The maximum Gasteiger partial charge on any atom is 0.338 e. The normalized spacial score (nSPS) is 10.7. The highest BCUT2D eigenvalue weighted by Crippen LogP contribution is 2.26. The molecule has 1 N–H and O–H groups in total. The topological polar surface area (TPSA) is 99.0 Å². The molecule has 4 rings (SSSR count). The van der Waals surface area contributed by atoms with Crippen LogP contribution < -0.4 is 5.32 Å². The van der Waals surface area contributed by atoms with E-state index in [0.29, 0.717) is 28.5 Å². The molecule has 0 aliphatic rings. The van der Waals surface area contributed by atoms with Gasteiger partial charge in [-0.05, 0) is 43.3 Å². The van der Waals surface area contributed by atoms with Gasteiger partial charge in [-0.3, -0.25) is 4.79 Å². The Kier molecular flexibility index (Phi) is 6.23. The van der Waals surface area contributed by atoms with Gasteiger partial charge in [0, 0.05) is 5.69 Å². The number of aromatic nitrogens is 4. The smallest absolute Gasteiger partial charge is 0.338 e. The highest BCUT2D eigenvalue weighted by Gasteiger charge is 2.13. The first-order valence-electron chi connectivity index (χ1n) is 9.59. The number of thioether (sulfide) groups is 1. The number of esters is 1. The second kappa shape index (κ2) is 9.40. The second-order valence-corrected chi connectivity index (χ2v) is 7.41. The Balaban J connectivity index is 1.42. The van der Waals surface area contributed by atoms with Crippen LogP contribution in [0.3, 0.4) is 0 Å². The molecular formula is C22H19N5O3S. The van der Waals surface area contributed by atoms with Crippen molar-refractivity contribution in [3.8, 4) is 5.69 Å². The molecule has 4 aromatic rings. The lowest BCUT2D eigenvalue weighted by Gasteiger charge is -2.07. The van der Waals surface area contributed by atoms with Crippen LogP contribution in [0, 0.1) is 0 Å². The summed E-state index contributed by atoms with van der Waals surface area (Å²) in [6.07, 6.45) is 3.18. The monoisotopic (exact) mass is 433 g/mol. The zero-order valence-electron chi connectivity index (χ0n) is 16.7. The zero-order chi connectivity index (χ0) is 21.6. The molecule has 2 heterocycles. The van der Waals surface area contributed by atoms with Crippen LogP contribution in [0.5, 0.6) is 0 Å². The summed E-state index contributed by atoms with van der Waals surface area (Å²) in [5.74, 6) is -0.404. The van der Waals surface area contributed by atoms with E-state index in [1.165, 1.54) is 18.1 Å². The molecule has 9 heteroatoms. The van der Waals surface area contributed by atoms with Crippen LogP contribution in [0.15, 0.2) is 72.1 Å². The van der Waals surface area contributed by atoms with E-state index in [-0.39, 0.29) is 17.6 Å². The maximum atomic E-state index is 12.4. The van der Waals surface area contributed by atoms with Gasteiger partial charge in [-0.15, -0.1) is 0 Å². The first-order chi connectivity index (χ1) is 15.2. The van der Waals surface area contributed by atoms with E-state index in [2.05, 4.69) is 20.4 Å². The van der Waals surface area contributed by atoms with Crippen LogP contribution in [0.1, 0.15) is 17.3 Å². The summed E-state index contributed by atoms with van der Waals surface area (Å²) in [7, 11) is 0. The fraction of sp³-hybridized carbons (Fsp3) is 0.136. The Morgan fingerprint density at radius 3 is 2.58 bits per heavy atom. The number of nitrogens with one attached hydrogen (secondary N) is 1. The largest absolute Gasteiger partial charge is 0.462 e. The number of amides is 1. The van der Waals surface area contributed by atoms with Gasteiger partial charge in [0.1, 0.15) is 11.4 Å². The van der Waals surface area contributed by atoms with Gasteiger partial charge >= 0.3 is 5.97 Å². The van der Waals surface area contributed by atoms with Gasteiger partial charge in [-0.1, -0.05) is 30.0 Å². The summed E-state index contributed by atoms with van der Waals surface area (Å²) in [5.41, 5.74) is 2.62. The number of carbonyl (C=O) groups is 2. The second-order valence-electron chi connectivity index (χ2n) is 6.44. The van der Waals surface area contributed by atoms with Crippen molar-refractivity contribution in [1.29, 1.82) is 0 Å². The molecule has 0 aliphatic heterocycles. The van der Waals surface area contributed by atoms with Crippen molar-refractivity contribution in [3.05, 3.63) is 72.7 Å². The molecule has 0 atom stereocenters. The van der Waals surface area contributed by atoms with Crippen LogP contribution in [-0.4, -0.2) is 44.0 Å². The third kappa shape index (κ3) is 4.72. The van der Waals surface area contributed by atoms with Crippen LogP contribution in [-0.2, 0) is 9.53 Å². The number of fused-ring (bicyclic) bond motifs is 1. The van der Waals surface area contributed by atoms with E-state index in [9.17, 15) is 9.59 Å². The van der Waals surface area contributed by atoms with E-state index < -0.39 is 0 Å². The maximum absolute atomic E-state index is 12.4. The molecule has 0 aliphatic carbocycles. The van der Waals surface area contributed by atoms with Crippen molar-refractivity contribution in [3.63, 3.8) is 0 Å². The number of ether oxygens (including phenoxy) is 1. The van der Waals surface area contributed by atoms with Gasteiger partial charge in [0.15, 0.2) is 5.65 Å². The first-order valence-corrected chi connectivity index (χ1v) is 10.6. The van der Waals surface area contributed by atoms with E-state index >= 15 is 0 Å². The van der Waals surface area contributed by atoms with Crippen molar-refractivity contribution in [2.45, 2.75) is 11.9 Å². The number of rotatable bonds is 7. The summed E-state index contributed by atoms with van der Waals surface area (Å²) >= 11 is 1.31. The van der Waals surface area contributed by atoms with Crippen LogP contribution in [0.25, 0.3) is 16.7 Å². The summed E-state index contributed by atoms with van der Waals surface area (Å²) < 4.78 is 6.70. The predicted molar refractivity (Wildman–Crippen MR) is 118 cm³/mol. The number of anilines is 1. The minimum atomic E-state index is -0.389. The average Bonchev–Trinajstić information content (AvgIpc) is 3.24. The van der Waals surface area contributed by atoms with Crippen molar-refractivity contribution in [2.75, 3.05) is 17.7 Å².